The SMILES string of the molecule is COCCNC(=S)NNc1ncnc2cc(-c3ccccc3)sc12. The minimum absolute atomic E-state index is 0.485. The number of ether oxygens (including phenoxy) is 1. The molecule has 0 unspecified atom stereocenters. The van der Waals surface area contributed by atoms with Crippen LogP contribution in [0.4, 0.5) is 5.82 Å². The molecule has 3 aromatic rings. The maximum atomic E-state index is 5.19. The van der Waals surface area contributed by atoms with Crippen molar-refractivity contribution in [1.82, 2.24) is 20.7 Å². The number of aromatic nitrogens is 2. The molecule has 0 bridgehead atoms. The number of benzene rings is 1. The summed E-state index contributed by atoms with van der Waals surface area (Å²) in [5.41, 5.74) is 8.04. The highest BCUT2D eigenvalue weighted by Crippen LogP contribution is 2.35. The van der Waals surface area contributed by atoms with E-state index in [0.717, 1.165) is 20.7 Å². The Balaban J connectivity index is 1.74. The van der Waals surface area contributed by atoms with Gasteiger partial charge in [-0.25, -0.2) is 9.97 Å². The Morgan fingerprint density at radius 1 is 1.25 bits per heavy atom. The number of methoxy groups -OCH3 is 1. The summed E-state index contributed by atoms with van der Waals surface area (Å²) in [6.45, 7) is 1.23. The summed E-state index contributed by atoms with van der Waals surface area (Å²) in [5.74, 6) is 0.697. The fourth-order valence-electron chi connectivity index (χ4n) is 2.11. The summed E-state index contributed by atoms with van der Waals surface area (Å²) in [6.07, 6.45) is 1.54. The molecule has 1 aromatic carbocycles. The van der Waals surface area contributed by atoms with Crippen molar-refractivity contribution in [2.24, 2.45) is 0 Å². The van der Waals surface area contributed by atoms with Gasteiger partial charge in [0.15, 0.2) is 10.9 Å². The van der Waals surface area contributed by atoms with Gasteiger partial charge in [0.1, 0.15) is 6.33 Å². The molecule has 24 heavy (non-hydrogen) atoms. The standard InChI is InChI=1S/C16H17N5OS2/c1-22-8-7-17-16(23)21-20-15-14-12(18-10-19-15)9-13(24-14)11-5-3-2-4-6-11/h2-6,9-10H,7-8H2,1H3,(H2,17,21,23)(H,18,19,20). The first kappa shape index (κ1) is 16.6. The van der Waals surface area contributed by atoms with Gasteiger partial charge in [-0.1, -0.05) is 30.3 Å². The second-order valence-corrected chi connectivity index (χ2v) is 6.37. The van der Waals surface area contributed by atoms with Crippen LogP contribution in [0.15, 0.2) is 42.7 Å². The molecule has 0 aliphatic carbocycles. The van der Waals surface area contributed by atoms with E-state index >= 15 is 0 Å². The van der Waals surface area contributed by atoms with Gasteiger partial charge >= 0.3 is 0 Å². The molecule has 6 nitrogen and oxygen atoms in total. The molecule has 0 saturated carbocycles. The highest BCUT2D eigenvalue weighted by molar-refractivity contribution is 7.80. The lowest BCUT2D eigenvalue weighted by Crippen LogP contribution is -2.40. The number of thiocarbonyl (C=S) groups is 1. The van der Waals surface area contributed by atoms with E-state index in [9.17, 15) is 0 Å². The fourth-order valence-corrected chi connectivity index (χ4v) is 3.33. The molecule has 8 heteroatoms. The van der Waals surface area contributed by atoms with Gasteiger partial charge in [-0.05, 0) is 23.8 Å². The van der Waals surface area contributed by atoms with E-state index < -0.39 is 0 Å². The molecular formula is C16H17N5OS2. The average molecular weight is 359 g/mol. The van der Waals surface area contributed by atoms with Gasteiger partial charge in [-0.2, -0.15) is 0 Å². The Kier molecular flexibility index (Phi) is 5.52. The van der Waals surface area contributed by atoms with E-state index in [0.29, 0.717) is 24.1 Å². The van der Waals surface area contributed by atoms with Crippen LogP contribution in [-0.4, -0.2) is 35.3 Å². The van der Waals surface area contributed by atoms with E-state index in [-0.39, 0.29) is 0 Å². The Morgan fingerprint density at radius 2 is 2.08 bits per heavy atom. The highest BCUT2D eigenvalue weighted by Gasteiger charge is 2.10. The van der Waals surface area contributed by atoms with Gasteiger partial charge in [-0.3, -0.25) is 10.9 Å². The molecule has 124 valence electrons. The fraction of sp³-hybridized carbons (Fsp3) is 0.188. The van der Waals surface area contributed by atoms with Crippen molar-refractivity contribution in [3.8, 4) is 10.4 Å². The Morgan fingerprint density at radius 3 is 2.88 bits per heavy atom. The predicted molar refractivity (Wildman–Crippen MR) is 102 cm³/mol. The third-order valence-corrected chi connectivity index (χ3v) is 4.68. The number of hydrazine groups is 1. The smallest absolute Gasteiger partial charge is 0.185 e. The number of hydrogen-bond donors (Lipinski definition) is 3. The summed E-state index contributed by atoms with van der Waals surface area (Å²) in [4.78, 5) is 9.79. The highest BCUT2D eigenvalue weighted by atomic mass is 32.1. The van der Waals surface area contributed by atoms with Crippen LogP contribution in [-0.2, 0) is 4.74 Å². The first-order valence-corrected chi connectivity index (χ1v) is 8.59. The molecule has 0 aliphatic rings. The number of nitrogens with zero attached hydrogens (tertiary/aromatic N) is 2. The topological polar surface area (TPSA) is 71.1 Å². The number of nitrogens with one attached hydrogen (secondary N) is 3. The minimum atomic E-state index is 0.485. The van der Waals surface area contributed by atoms with E-state index in [1.165, 1.54) is 6.33 Å². The number of anilines is 1. The van der Waals surface area contributed by atoms with Gasteiger partial charge in [0, 0.05) is 18.5 Å². The first-order chi connectivity index (χ1) is 11.8. The van der Waals surface area contributed by atoms with Crippen LogP contribution >= 0.6 is 23.6 Å². The summed E-state index contributed by atoms with van der Waals surface area (Å²) >= 11 is 6.83. The Bertz CT molecular complexity index is 822. The van der Waals surface area contributed by atoms with Crippen molar-refractivity contribution in [3.05, 3.63) is 42.7 Å². The summed E-state index contributed by atoms with van der Waals surface area (Å²) in [5, 5.41) is 3.51. The Hall–Kier alpha value is -2.29. The molecule has 2 heterocycles. The van der Waals surface area contributed by atoms with Crippen LogP contribution in [0.3, 0.4) is 0 Å². The summed E-state index contributed by atoms with van der Waals surface area (Å²) in [6, 6.07) is 12.3. The molecule has 3 rings (SSSR count). The van der Waals surface area contributed by atoms with E-state index in [2.05, 4.69) is 44.3 Å². The molecule has 0 fully saturated rings. The van der Waals surface area contributed by atoms with E-state index in [1.54, 1.807) is 18.4 Å². The maximum absolute atomic E-state index is 5.19. The van der Waals surface area contributed by atoms with Crippen molar-refractivity contribution < 1.29 is 4.74 Å². The monoisotopic (exact) mass is 359 g/mol. The first-order valence-electron chi connectivity index (χ1n) is 7.36. The second kappa shape index (κ2) is 8.00. The maximum Gasteiger partial charge on any atom is 0.185 e. The van der Waals surface area contributed by atoms with Crippen LogP contribution in [0.25, 0.3) is 20.7 Å². The summed E-state index contributed by atoms with van der Waals surface area (Å²) < 4.78 is 5.94. The van der Waals surface area contributed by atoms with Crippen molar-refractivity contribution in [2.75, 3.05) is 25.7 Å². The van der Waals surface area contributed by atoms with Crippen molar-refractivity contribution in [3.63, 3.8) is 0 Å². The number of hydrogen-bond acceptors (Lipinski definition) is 6. The van der Waals surface area contributed by atoms with Crippen molar-refractivity contribution in [1.29, 1.82) is 0 Å². The minimum Gasteiger partial charge on any atom is -0.383 e. The van der Waals surface area contributed by atoms with Crippen molar-refractivity contribution in [2.45, 2.75) is 0 Å². The van der Waals surface area contributed by atoms with Crippen molar-refractivity contribution >= 4 is 44.7 Å². The third-order valence-electron chi connectivity index (χ3n) is 3.26. The second-order valence-electron chi connectivity index (χ2n) is 4.91. The predicted octanol–water partition coefficient (Wildman–Crippen LogP) is 2.80. The van der Waals surface area contributed by atoms with E-state index in [1.807, 2.05) is 18.2 Å². The average Bonchev–Trinajstić information content (AvgIpc) is 3.06. The van der Waals surface area contributed by atoms with Crippen LogP contribution in [0, 0.1) is 0 Å². The van der Waals surface area contributed by atoms with Gasteiger partial charge in [-0.15, -0.1) is 11.3 Å². The summed E-state index contributed by atoms with van der Waals surface area (Å²) in [7, 11) is 1.65. The van der Waals surface area contributed by atoms with Gasteiger partial charge in [0.25, 0.3) is 0 Å². The molecule has 0 radical (unpaired) electrons. The molecule has 0 atom stereocenters. The zero-order valence-corrected chi connectivity index (χ0v) is 14.7. The molecule has 2 aromatic heterocycles. The van der Waals surface area contributed by atoms with Gasteiger partial charge in [0.05, 0.1) is 16.8 Å². The molecule has 0 saturated heterocycles. The quantitative estimate of drug-likeness (QED) is 0.355. The van der Waals surface area contributed by atoms with Crippen LogP contribution in [0.1, 0.15) is 0 Å². The number of fused-ring (bicyclic) bond motifs is 1. The van der Waals surface area contributed by atoms with Crippen LogP contribution < -0.4 is 16.2 Å². The molecule has 0 spiro atoms. The lowest BCUT2D eigenvalue weighted by molar-refractivity contribution is 0.204. The van der Waals surface area contributed by atoms with Crippen LogP contribution in [0.5, 0.6) is 0 Å². The molecule has 0 aliphatic heterocycles. The molecule has 0 amide bonds. The Labute approximate surface area is 149 Å². The van der Waals surface area contributed by atoms with E-state index in [4.69, 9.17) is 17.0 Å². The third kappa shape index (κ3) is 3.97. The zero-order valence-electron chi connectivity index (χ0n) is 13.1. The lowest BCUT2D eigenvalue weighted by atomic mass is 10.2. The lowest BCUT2D eigenvalue weighted by Gasteiger charge is -2.11. The van der Waals surface area contributed by atoms with Crippen LogP contribution in [0.2, 0.25) is 0 Å². The largest absolute Gasteiger partial charge is 0.383 e. The normalized spacial score (nSPS) is 10.5. The number of rotatable bonds is 6. The van der Waals surface area contributed by atoms with Gasteiger partial charge in [0.2, 0.25) is 0 Å². The number of thiophene rings is 1. The molecular weight excluding hydrogens is 342 g/mol. The zero-order chi connectivity index (χ0) is 16.8. The van der Waals surface area contributed by atoms with Gasteiger partial charge < -0.3 is 10.1 Å². The molecule has 3 N–H and O–H groups in total.